The Labute approximate surface area is 84.3 Å². The predicted octanol–water partition coefficient (Wildman–Crippen LogP) is 0.806. The van der Waals surface area contributed by atoms with Gasteiger partial charge in [-0.25, -0.2) is 0 Å². The van der Waals surface area contributed by atoms with Crippen molar-refractivity contribution in [2.45, 2.75) is 12.6 Å². The summed E-state index contributed by atoms with van der Waals surface area (Å²) in [6.45, 7) is 2.98. The lowest BCUT2D eigenvalue weighted by Crippen LogP contribution is -2.33. The van der Waals surface area contributed by atoms with Gasteiger partial charge in [0.15, 0.2) is 0 Å². The van der Waals surface area contributed by atoms with Gasteiger partial charge in [-0.2, -0.15) is 0 Å². The lowest BCUT2D eigenvalue weighted by Gasteiger charge is -2.26. The van der Waals surface area contributed by atoms with E-state index in [4.69, 9.17) is 10.5 Å². The Morgan fingerprint density at radius 3 is 3.14 bits per heavy atom. The van der Waals surface area contributed by atoms with Crippen molar-refractivity contribution in [1.29, 1.82) is 0 Å². The third-order valence-electron chi connectivity index (χ3n) is 2.51. The van der Waals surface area contributed by atoms with Gasteiger partial charge in [-0.05, 0) is 11.1 Å². The third-order valence-corrected chi connectivity index (χ3v) is 2.51. The average molecular weight is 192 g/mol. The third kappa shape index (κ3) is 1.95. The van der Waals surface area contributed by atoms with E-state index in [-0.39, 0.29) is 0 Å². The van der Waals surface area contributed by atoms with Crippen LogP contribution in [-0.4, -0.2) is 19.7 Å². The normalized spacial score (nSPS) is 20.5. The van der Waals surface area contributed by atoms with E-state index in [1.165, 1.54) is 11.1 Å². The largest absolute Gasteiger partial charge is 0.375 e. The van der Waals surface area contributed by atoms with Crippen LogP contribution in [0.5, 0.6) is 0 Å². The zero-order valence-electron chi connectivity index (χ0n) is 8.20. The van der Waals surface area contributed by atoms with Crippen LogP contribution in [0.25, 0.3) is 0 Å². The minimum atomic E-state index is 0.309. The zero-order chi connectivity index (χ0) is 9.80. The molecule has 3 heteroatoms. The number of hydrogen-bond donors (Lipinski definition) is 2. The first-order valence-corrected chi connectivity index (χ1v) is 5.01. The van der Waals surface area contributed by atoms with Crippen molar-refractivity contribution in [3.8, 4) is 0 Å². The van der Waals surface area contributed by atoms with Gasteiger partial charge in [0.2, 0.25) is 0 Å². The van der Waals surface area contributed by atoms with Gasteiger partial charge in [-0.15, -0.1) is 0 Å². The van der Waals surface area contributed by atoms with Gasteiger partial charge in [0.25, 0.3) is 0 Å². The number of rotatable bonds is 3. The summed E-state index contributed by atoms with van der Waals surface area (Å²) in [7, 11) is 0. The molecule has 1 heterocycles. The molecule has 3 nitrogen and oxygen atoms in total. The minimum Gasteiger partial charge on any atom is -0.375 e. The van der Waals surface area contributed by atoms with Crippen molar-refractivity contribution in [3.63, 3.8) is 0 Å². The van der Waals surface area contributed by atoms with Crippen LogP contribution in [0.4, 0.5) is 0 Å². The molecule has 1 atom stereocenters. The summed E-state index contributed by atoms with van der Waals surface area (Å²) in [4.78, 5) is 0. The number of ether oxygens (including phenoxy) is 1. The predicted molar refractivity (Wildman–Crippen MR) is 55.9 cm³/mol. The van der Waals surface area contributed by atoms with E-state index in [1.54, 1.807) is 0 Å². The molecule has 0 bridgehead atoms. The van der Waals surface area contributed by atoms with Crippen LogP contribution in [-0.2, 0) is 11.3 Å². The van der Waals surface area contributed by atoms with E-state index < -0.39 is 0 Å². The summed E-state index contributed by atoms with van der Waals surface area (Å²) in [6.07, 6.45) is 0. The van der Waals surface area contributed by atoms with Crippen LogP contribution < -0.4 is 11.1 Å². The number of nitrogens with two attached hydrogens (primary N) is 1. The lowest BCUT2D eigenvalue weighted by atomic mass is 9.99. The summed E-state index contributed by atoms with van der Waals surface area (Å²) in [6, 6.07) is 8.70. The number of benzene rings is 1. The molecule has 76 valence electrons. The Morgan fingerprint density at radius 2 is 2.29 bits per heavy atom. The highest BCUT2D eigenvalue weighted by molar-refractivity contribution is 5.30. The number of nitrogens with one attached hydrogen (secondary N) is 1. The Balaban J connectivity index is 2.14. The molecular weight excluding hydrogens is 176 g/mol. The van der Waals surface area contributed by atoms with Crippen LogP contribution in [0.2, 0.25) is 0 Å². The first-order chi connectivity index (χ1) is 6.92. The van der Waals surface area contributed by atoms with Gasteiger partial charge >= 0.3 is 0 Å². The van der Waals surface area contributed by atoms with Gasteiger partial charge in [0.05, 0.1) is 19.3 Å². The first-order valence-electron chi connectivity index (χ1n) is 5.01. The van der Waals surface area contributed by atoms with Crippen molar-refractivity contribution < 1.29 is 4.74 Å². The Kier molecular flexibility index (Phi) is 3.14. The Morgan fingerprint density at radius 1 is 1.43 bits per heavy atom. The SMILES string of the molecule is NCCNC1COCc2ccccc21. The maximum Gasteiger partial charge on any atom is 0.0721 e. The quantitative estimate of drug-likeness (QED) is 0.745. The molecule has 1 unspecified atom stereocenters. The van der Waals surface area contributed by atoms with Crippen molar-refractivity contribution >= 4 is 0 Å². The standard InChI is InChI=1S/C11H16N2O/c12-5-6-13-11-8-14-7-9-3-1-2-4-10(9)11/h1-4,11,13H,5-8,12H2. The van der Waals surface area contributed by atoms with Gasteiger partial charge in [0.1, 0.15) is 0 Å². The van der Waals surface area contributed by atoms with Gasteiger partial charge < -0.3 is 15.8 Å². The van der Waals surface area contributed by atoms with E-state index in [9.17, 15) is 0 Å². The molecular formula is C11H16N2O. The van der Waals surface area contributed by atoms with Gasteiger partial charge in [-0.3, -0.25) is 0 Å². The lowest BCUT2D eigenvalue weighted by molar-refractivity contribution is 0.0825. The molecule has 1 aliphatic heterocycles. The highest BCUT2D eigenvalue weighted by Crippen LogP contribution is 2.23. The summed E-state index contributed by atoms with van der Waals surface area (Å²) in [5.74, 6) is 0. The molecule has 0 amide bonds. The molecule has 0 fully saturated rings. The summed E-state index contributed by atoms with van der Waals surface area (Å²) >= 11 is 0. The van der Waals surface area contributed by atoms with Crippen LogP contribution >= 0.6 is 0 Å². The fourth-order valence-electron chi connectivity index (χ4n) is 1.81. The van der Waals surface area contributed by atoms with Crippen LogP contribution in [0.15, 0.2) is 24.3 Å². The average Bonchev–Trinajstić information content (AvgIpc) is 2.26. The molecule has 0 aliphatic carbocycles. The molecule has 0 saturated heterocycles. The Hall–Kier alpha value is -0.900. The van der Waals surface area contributed by atoms with E-state index in [0.717, 1.165) is 19.8 Å². The molecule has 0 saturated carbocycles. The van der Waals surface area contributed by atoms with Crippen LogP contribution in [0, 0.1) is 0 Å². The molecule has 0 radical (unpaired) electrons. The first kappa shape index (κ1) is 9.65. The monoisotopic (exact) mass is 192 g/mol. The molecule has 0 spiro atoms. The number of hydrogen-bond acceptors (Lipinski definition) is 3. The second-order valence-electron chi connectivity index (χ2n) is 3.51. The zero-order valence-corrected chi connectivity index (χ0v) is 8.20. The van der Waals surface area contributed by atoms with E-state index in [0.29, 0.717) is 12.6 Å². The maximum absolute atomic E-state index is 5.50. The summed E-state index contributed by atoms with van der Waals surface area (Å²) < 4.78 is 5.50. The highest BCUT2D eigenvalue weighted by Gasteiger charge is 2.18. The number of fused-ring (bicyclic) bond motifs is 1. The Bertz CT molecular complexity index is 301. The van der Waals surface area contributed by atoms with Gasteiger partial charge in [-0.1, -0.05) is 24.3 Å². The van der Waals surface area contributed by atoms with E-state index in [2.05, 4.69) is 23.5 Å². The van der Waals surface area contributed by atoms with Crippen molar-refractivity contribution in [3.05, 3.63) is 35.4 Å². The fourth-order valence-corrected chi connectivity index (χ4v) is 1.81. The molecule has 0 aromatic heterocycles. The second kappa shape index (κ2) is 4.55. The van der Waals surface area contributed by atoms with Crippen molar-refractivity contribution in [1.82, 2.24) is 5.32 Å². The van der Waals surface area contributed by atoms with Crippen molar-refractivity contribution in [2.24, 2.45) is 5.73 Å². The minimum absolute atomic E-state index is 0.309. The van der Waals surface area contributed by atoms with E-state index >= 15 is 0 Å². The van der Waals surface area contributed by atoms with Crippen molar-refractivity contribution in [2.75, 3.05) is 19.7 Å². The molecule has 1 aromatic carbocycles. The van der Waals surface area contributed by atoms with Crippen LogP contribution in [0.1, 0.15) is 17.2 Å². The fraction of sp³-hybridized carbons (Fsp3) is 0.455. The maximum atomic E-state index is 5.50. The second-order valence-corrected chi connectivity index (χ2v) is 3.51. The molecule has 3 N–H and O–H groups in total. The topological polar surface area (TPSA) is 47.3 Å². The van der Waals surface area contributed by atoms with Crippen LogP contribution in [0.3, 0.4) is 0 Å². The van der Waals surface area contributed by atoms with E-state index in [1.807, 2.05) is 6.07 Å². The summed E-state index contributed by atoms with van der Waals surface area (Å²) in [5, 5.41) is 3.38. The molecule has 1 aliphatic rings. The molecule has 14 heavy (non-hydrogen) atoms. The molecule has 2 rings (SSSR count). The smallest absolute Gasteiger partial charge is 0.0721 e. The van der Waals surface area contributed by atoms with Gasteiger partial charge in [0, 0.05) is 13.1 Å². The molecule has 1 aromatic rings. The highest BCUT2D eigenvalue weighted by atomic mass is 16.5. The summed E-state index contributed by atoms with van der Waals surface area (Å²) in [5.41, 5.74) is 8.10.